The third-order valence-corrected chi connectivity index (χ3v) is 3.27. The van der Waals surface area contributed by atoms with Gasteiger partial charge in [-0.15, -0.1) is 0 Å². The van der Waals surface area contributed by atoms with Gasteiger partial charge in [0.05, 0.1) is 17.8 Å². The number of ether oxygens (including phenoxy) is 1. The van der Waals surface area contributed by atoms with Crippen molar-refractivity contribution in [2.24, 2.45) is 11.7 Å². The molecule has 0 saturated heterocycles. The molecule has 2 N–H and O–H groups in total. The van der Waals surface area contributed by atoms with E-state index in [0.29, 0.717) is 12.5 Å². The molecule has 0 spiro atoms. The van der Waals surface area contributed by atoms with Crippen molar-refractivity contribution in [2.45, 2.75) is 19.6 Å². The molecule has 17 heavy (non-hydrogen) atoms. The minimum Gasteiger partial charge on any atom is -0.370 e. The maximum Gasteiger partial charge on any atom is 0.112 e. The maximum atomic E-state index is 5.87. The Kier molecular flexibility index (Phi) is 2.61. The monoisotopic (exact) mass is 231 g/mol. The van der Waals surface area contributed by atoms with E-state index >= 15 is 0 Å². The average Bonchev–Trinajstić information content (AvgIpc) is 2.60. The summed E-state index contributed by atoms with van der Waals surface area (Å²) in [6.45, 7) is 4.33. The Labute approximate surface area is 100 Å². The molecule has 2 heterocycles. The summed E-state index contributed by atoms with van der Waals surface area (Å²) in [6.07, 6.45) is -0.0349. The van der Waals surface area contributed by atoms with Crippen molar-refractivity contribution < 1.29 is 4.74 Å². The molecule has 4 heteroatoms. The Balaban J connectivity index is 2.21. The lowest BCUT2D eigenvalue weighted by molar-refractivity contribution is 0.0450. The first kappa shape index (κ1) is 10.7. The molecular weight excluding hydrogens is 214 g/mol. The molecule has 0 radical (unpaired) electrons. The molecule has 0 saturated carbocycles. The summed E-state index contributed by atoms with van der Waals surface area (Å²) in [6, 6.07) is 8.18. The summed E-state index contributed by atoms with van der Waals surface area (Å²) in [7, 11) is 0. The zero-order valence-electron chi connectivity index (χ0n) is 9.97. The minimum atomic E-state index is -0.0349. The Morgan fingerprint density at radius 1 is 1.47 bits per heavy atom. The van der Waals surface area contributed by atoms with E-state index in [1.807, 2.05) is 18.2 Å². The molecule has 4 nitrogen and oxygen atoms in total. The van der Waals surface area contributed by atoms with E-state index in [9.17, 15) is 0 Å². The second-order valence-corrected chi connectivity index (χ2v) is 4.75. The van der Waals surface area contributed by atoms with Gasteiger partial charge in [0.25, 0.3) is 0 Å². The fourth-order valence-electron chi connectivity index (χ4n) is 2.47. The first-order valence-electron chi connectivity index (χ1n) is 6.06. The maximum absolute atomic E-state index is 5.87. The molecule has 0 bridgehead atoms. The molecule has 0 unspecified atom stereocenters. The minimum absolute atomic E-state index is 0.0349. The molecular formula is C13H17N3O. The van der Waals surface area contributed by atoms with Gasteiger partial charge < -0.3 is 10.5 Å². The van der Waals surface area contributed by atoms with Gasteiger partial charge in [0.2, 0.25) is 0 Å². The van der Waals surface area contributed by atoms with Gasteiger partial charge in [-0.25, -0.2) is 0 Å². The molecule has 1 aliphatic rings. The van der Waals surface area contributed by atoms with Crippen LogP contribution in [0.4, 0.5) is 0 Å². The highest BCUT2D eigenvalue weighted by molar-refractivity contribution is 5.81. The van der Waals surface area contributed by atoms with Crippen LogP contribution in [0.15, 0.2) is 24.3 Å². The third-order valence-electron chi connectivity index (χ3n) is 3.27. The van der Waals surface area contributed by atoms with E-state index in [-0.39, 0.29) is 6.10 Å². The van der Waals surface area contributed by atoms with Crippen LogP contribution in [0.25, 0.3) is 10.9 Å². The summed E-state index contributed by atoms with van der Waals surface area (Å²) in [4.78, 5) is 0. The van der Waals surface area contributed by atoms with Crippen molar-refractivity contribution in [3.8, 4) is 0 Å². The fourth-order valence-corrected chi connectivity index (χ4v) is 2.47. The molecule has 2 aromatic rings. The number of aromatic nitrogens is 2. The van der Waals surface area contributed by atoms with E-state index < -0.39 is 0 Å². The van der Waals surface area contributed by atoms with Crippen molar-refractivity contribution in [3.63, 3.8) is 0 Å². The van der Waals surface area contributed by atoms with Crippen LogP contribution in [0.3, 0.4) is 0 Å². The highest BCUT2D eigenvalue weighted by Gasteiger charge is 2.25. The van der Waals surface area contributed by atoms with Crippen molar-refractivity contribution in [1.29, 1.82) is 0 Å². The summed E-state index contributed by atoms with van der Waals surface area (Å²) in [5, 5.41) is 5.81. The largest absolute Gasteiger partial charge is 0.370 e. The summed E-state index contributed by atoms with van der Waals surface area (Å²) >= 11 is 0. The summed E-state index contributed by atoms with van der Waals surface area (Å²) in [5.74, 6) is 0.472. The predicted octanol–water partition coefficient (Wildman–Crippen LogP) is 1.70. The zero-order valence-corrected chi connectivity index (χ0v) is 9.97. The molecule has 3 rings (SSSR count). The van der Waals surface area contributed by atoms with Crippen molar-refractivity contribution in [3.05, 3.63) is 30.0 Å². The number of hydrogen-bond acceptors (Lipinski definition) is 3. The first-order chi connectivity index (χ1) is 8.29. The molecule has 1 aromatic carbocycles. The van der Waals surface area contributed by atoms with Crippen LogP contribution >= 0.6 is 0 Å². The van der Waals surface area contributed by atoms with Gasteiger partial charge in [-0.05, 0) is 12.0 Å². The van der Waals surface area contributed by atoms with Crippen LogP contribution in [-0.2, 0) is 11.3 Å². The Morgan fingerprint density at radius 2 is 2.29 bits per heavy atom. The van der Waals surface area contributed by atoms with Gasteiger partial charge in [0, 0.05) is 18.5 Å². The molecule has 1 aliphatic heterocycles. The lowest BCUT2D eigenvalue weighted by Crippen LogP contribution is -2.17. The van der Waals surface area contributed by atoms with Crippen molar-refractivity contribution in [2.75, 3.05) is 13.2 Å². The second kappa shape index (κ2) is 4.13. The lowest BCUT2D eigenvalue weighted by atomic mass is 10.1. The molecule has 0 fully saturated rings. The summed E-state index contributed by atoms with van der Waals surface area (Å²) in [5.41, 5.74) is 7.98. The van der Waals surface area contributed by atoms with Crippen LogP contribution in [-0.4, -0.2) is 22.9 Å². The van der Waals surface area contributed by atoms with Gasteiger partial charge >= 0.3 is 0 Å². The van der Waals surface area contributed by atoms with Gasteiger partial charge in [0.15, 0.2) is 0 Å². The lowest BCUT2D eigenvalue weighted by Gasteiger charge is -2.13. The second-order valence-electron chi connectivity index (χ2n) is 4.75. The van der Waals surface area contributed by atoms with Crippen LogP contribution in [0, 0.1) is 5.92 Å². The van der Waals surface area contributed by atoms with Gasteiger partial charge in [0.1, 0.15) is 6.10 Å². The molecule has 90 valence electrons. The van der Waals surface area contributed by atoms with Crippen LogP contribution in [0.5, 0.6) is 0 Å². The standard InChI is InChI=1S/C13H17N3O/c1-9-7-16-13(12(6-14)17-8-9)10-4-2-3-5-11(10)15-16/h2-5,9,12H,6-8,14H2,1H3/t9-,12-/m1/s1. The van der Waals surface area contributed by atoms with Crippen LogP contribution in [0.1, 0.15) is 18.7 Å². The Hall–Kier alpha value is -1.39. The van der Waals surface area contributed by atoms with E-state index in [1.165, 1.54) is 0 Å². The van der Waals surface area contributed by atoms with Gasteiger partial charge in [-0.3, -0.25) is 4.68 Å². The van der Waals surface area contributed by atoms with Crippen LogP contribution < -0.4 is 5.73 Å². The van der Waals surface area contributed by atoms with E-state index in [1.54, 1.807) is 0 Å². The number of fused-ring (bicyclic) bond motifs is 3. The predicted molar refractivity (Wildman–Crippen MR) is 66.6 cm³/mol. The fraction of sp³-hybridized carbons (Fsp3) is 0.462. The Morgan fingerprint density at radius 3 is 3.12 bits per heavy atom. The number of nitrogens with zero attached hydrogens (tertiary/aromatic N) is 2. The SMILES string of the molecule is C[C@H]1CO[C@H](CN)c2c3ccccc3nn2C1. The zero-order chi connectivity index (χ0) is 11.8. The third kappa shape index (κ3) is 1.73. The van der Waals surface area contributed by atoms with E-state index in [0.717, 1.165) is 29.7 Å². The summed E-state index contributed by atoms with van der Waals surface area (Å²) < 4.78 is 7.94. The molecule has 0 aliphatic carbocycles. The van der Waals surface area contributed by atoms with E-state index in [4.69, 9.17) is 10.5 Å². The number of nitrogens with two attached hydrogens (primary N) is 1. The Bertz CT molecular complexity index is 534. The normalized spacial score (nSPS) is 24.6. The topological polar surface area (TPSA) is 53.1 Å². The average molecular weight is 231 g/mol. The first-order valence-corrected chi connectivity index (χ1v) is 6.06. The smallest absolute Gasteiger partial charge is 0.112 e. The van der Waals surface area contributed by atoms with Gasteiger partial charge in [-0.1, -0.05) is 25.1 Å². The number of rotatable bonds is 1. The number of hydrogen-bond donors (Lipinski definition) is 1. The van der Waals surface area contributed by atoms with Gasteiger partial charge in [-0.2, -0.15) is 5.10 Å². The quantitative estimate of drug-likeness (QED) is 0.812. The molecule has 1 aromatic heterocycles. The van der Waals surface area contributed by atoms with Crippen LogP contribution in [0.2, 0.25) is 0 Å². The van der Waals surface area contributed by atoms with Crippen molar-refractivity contribution >= 4 is 10.9 Å². The highest BCUT2D eigenvalue weighted by atomic mass is 16.5. The van der Waals surface area contributed by atoms with Crippen molar-refractivity contribution in [1.82, 2.24) is 9.78 Å². The molecule has 0 amide bonds. The number of benzene rings is 1. The van der Waals surface area contributed by atoms with E-state index in [2.05, 4.69) is 22.8 Å². The highest BCUT2D eigenvalue weighted by Crippen LogP contribution is 2.29. The molecule has 2 atom stereocenters.